The van der Waals surface area contributed by atoms with Gasteiger partial charge in [0.05, 0.1) is 24.8 Å². The van der Waals surface area contributed by atoms with Crippen molar-refractivity contribution >= 4 is 63.7 Å². The summed E-state index contributed by atoms with van der Waals surface area (Å²) in [7, 11) is 1.71. The maximum atomic E-state index is 13.1. The molecule has 0 aliphatic carbocycles. The molecule has 1 saturated heterocycles. The molecular weight excluding hydrogens is 542 g/mol. The molecule has 0 radical (unpaired) electrons. The third kappa shape index (κ3) is 4.86. The van der Waals surface area contributed by atoms with Gasteiger partial charge in [-0.3, -0.25) is 14.5 Å². The first-order chi connectivity index (χ1) is 17.8. The van der Waals surface area contributed by atoms with Gasteiger partial charge in [-0.1, -0.05) is 5.16 Å². The highest BCUT2D eigenvalue weighted by Gasteiger charge is 2.53. The van der Waals surface area contributed by atoms with Crippen LogP contribution in [0.15, 0.2) is 28.7 Å². The van der Waals surface area contributed by atoms with Crippen LogP contribution < -0.4 is 26.6 Å². The number of carbonyl (C=O) groups excluding carboxylic acids is 3. The van der Waals surface area contributed by atoms with Gasteiger partial charge in [-0.15, -0.1) is 21.1 Å². The van der Waals surface area contributed by atoms with E-state index in [1.165, 1.54) is 25.6 Å². The minimum atomic E-state index is -1.79. The van der Waals surface area contributed by atoms with E-state index in [2.05, 4.69) is 19.8 Å². The lowest BCUT2D eigenvalue weighted by molar-refractivity contribution is -0.765. The molecule has 0 bridgehead atoms. The average molecular weight is 566 g/mol. The van der Waals surface area contributed by atoms with Crippen molar-refractivity contribution in [1.82, 2.24) is 24.3 Å². The fourth-order valence-corrected chi connectivity index (χ4v) is 5.36. The molecule has 1 fully saturated rings. The Morgan fingerprint density at radius 2 is 2.11 bits per heavy atom. The Hall–Kier alpha value is -4.19. The quantitative estimate of drug-likeness (QED) is 0.103. The van der Waals surface area contributed by atoms with Gasteiger partial charge in [0, 0.05) is 22.9 Å². The van der Waals surface area contributed by atoms with Crippen LogP contribution in [-0.4, -0.2) is 76.3 Å². The summed E-state index contributed by atoms with van der Waals surface area (Å²) < 4.78 is 7.22. The molecular formula is C20H23N9O7S2. The van der Waals surface area contributed by atoms with Crippen LogP contribution in [0.3, 0.4) is 0 Å². The topological polar surface area (TPSA) is 235 Å². The zero-order chi connectivity index (χ0) is 27.9. The van der Waals surface area contributed by atoms with Gasteiger partial charge in [-0.2, -0.15) is 9.36 Å². The van der Waals surface area contributed by atoms with Gasteiger partial charge in [0.25, 0.3) is 11.8 Å². The molecule has 4 heterocycles. The lowest BCUT2D eigenvalue weighted by Gasteiger charge is -2.50. The average Bonchev–Trinajstić information content (AvgIpc) is 3.42. The van der Waals surface area contributed by atoms with Crippen molar-refractivity contribution in [1.29, 1.82) is 0 Å². The van der Waals surface area contributed by atoms with Crippen LogP contribution in [0.1, 0.15) is 19.7 Å². The van der Waals surface area contributed by atoms with E-state index < -0.39 is 46.5 Å². The van der Waals surface area contributed by atoms with Crippen molar-refractivity contribution in [3.63, 3.8) is 0 Å². The number of hydrogen-bond donors (Lipinski definition) is 4. The first-order valence-electron chi connectivity index (χ1n) is 10.9. The number of nitrogens with two attached hydrogens (primary N) is 2. The van der Waals surface area contributed by atoms with Gasteiger partial charge < -0.3 is 36.6 Å². The third-order valence-corrected chi connectivity index (χ3v) is 7.69. The van der Waals surface area contributed by atoms with E-state index in [-0.39, 0.29) is 29.0 Å². The molecule has 0 spiro atoms. The molecule has 0 unspecified atom stereocenters. The molecule has 2 atom stereocenters. The van der Waals surface area contributed by atoms with Crippen molar-refractivity contribution in [2.24, 2.45) is 12.2 Å². The number of nitrogens with one attached hydrogen (secondary N) is 1. The smallest absolute Gasteiger partial charge is 0.350 e. The number of nitrogen functional groups attached to an aromatic ring is 2. The van der Waals surface area contributed by atoms with Crippen LogP contribution in [-0.2, 0) is 37.6 Å². The highest BCUT2D eigenvalue weighted by molar-refractivity contribution is 8.00. The number of carboxylic acid groups (broad SMARTS) is 2. The number of β-lactam (4-membered cyclic amide) rings is 1. The van der Waals surface area contributed by atoms with Gasteiger partial charge in [0.1, 0.15) is 11.4 Å². The first kappa shape index (κ1) is 26.9. The number of carboxylic acids is 2. The second kappa shape index (κ2) is 9.93. The SMILES string of the molecule is Cn1c(N)cc[n+]1CC1=C(C(=O)[O-])N2C(=O)[C@@H](NC(=O)C(=NOC(C)(C)C(=O)O)c3nsc(N)n3)[C@H]2SC1. The lowest BCUT2D eigenvalue weighted by Crippen LogP contribution is -2.71. The van der Waals surface area contributed by atoms with E-state index in [0.717, 1.165) is 16.4 Å². The predicted octanol–water partition coefficient (Wildman–Crippen LogP) is -2.98. The number of thioether (sulfide) groups is 1. The second-order valence-corrected chi connectivity index (χ2v) is 10.7. The standard InChI is InChI=1S/C20H23N9O7S2/c1-20(2,18(34)35)36-25-10(13-24-19(22)38-26-13)14(30)23-11-15(31)29-12(17(32)33)8(7-37-16(11)29)6-28-5-4-9(21)27(28)3/h4-5,11,16,21H,6-7H2,1-3H3,(H5,22,23,24,26,30,32,33,34,35)/t11-,16-/m1/s1. The van der Waals surface area contributed by atoms with E-state index in [0.29, 0.717) is 11.4 Å². The Morgan fingerprint density at radius 1 is 1.39 bits per heavy atom. The molecule has 0 aromatic carbocycles. The normalized spacial score (nSPS) is 19.6. The number of aromatic nitrogens is 4. The first-order valence-corrected chi connectivity index (χ1v) is 12.7. The second-order valence-electron chi connectivity index (χ2n) is 8.77. The summed E-state index contributed by atoms with van der Waals surface area (Å²) in [4.78, 5) is 59.5. The number of carbonyl (C=O) groups is 4. The Labute approximate surface area is 223 Å². The van der Waals surface area contributed by atoms with Crippen molar-refractivity contribution in [3.8, 4) is 0 Å². The van der Waals surface area contributed by atoms with Crippen molar-refractivity contribution < 1.29 is 38.9 Å². The number of oxime groups is 1. The molecule has 0 saturated carbocycles. The highest BCUT2D eigenvalue weighted by Crippen LogP contribution is 2.40. The summed E-state index contributed by atoms with van der Waals surface area (Å²) in [5.41, 5.74) is 9.30. The van der Waals surface area contributed by atoms with Crippen molar-refractivity contribution in [2.75, 3.05) is 17.2 Å². The van der Waals surface area contributed by atoms with E-state index in [4.69, 9.17) is 16.3 Å². The molecule has 2 aromatic rings. The summed E-state index contributed by atoms with van der Waals surface area (Å²) in [6.45, 7) is 2.59. The predicted molar refractivity (Wildman–Crippen MR) is 131 cm³/mol. The molecule has 16 nitrogen and oxygen atoms in total. The molecule has 6 N–H and O–H groups in total. The molecule has 38 heavy (non-hydrogen) atoms. The highest BCUT2D eigenvalue weighted by atomic mass is 32.2. The summed E-state index contributed by atoms with van der Waals surface area (Å²) in [6, 6.07) is 0.541. The maximum absolute atomic E-state index is 13.1. The molecule has 18 heteroatoms. The minimum Gasteiger partial charge on any atom is -0.543 e. The molecule has 2 aliphatic rings. The number of aliphatic carboxylic acids is 2. The fraction of sp³-hybridized carbons (Fsp3) is 0.400. The van der Waals surface area contributed by atoms with Crippen LogP contribution >= 0.6 is 23.3 Å². The summed E-state index contributed by atoms with van der Waals surface area (Å²) in [5.74, 6) is -4.02. The Bertz CT molecular complexity index is 1400. The van der Waals surface area contributed by atoms with Gasteiger partial charge in [0.2, 0.25) is 17.1 Å². The number of nitrogens with zero attached hydrogens (tertiary/aromatic N) is 6. The zero-order valence-electron chi connectivity index (χ0n) is 20.3. The number of anilines is 2. The maximum Gasteiger partial charge on any atom is 0.350 e. The van der Waals surface area contributed by atoms with Gasteiger partial charge in [0.15, 0.2) is 23.7 Å². The number of hydrogen-bond acceptors (Lipinski definition) is 13. The van der Waals surface area contributed by atoms with Crippen LogP contribution in [0.2, 0.25) is 0 Å². The summed E-state index contributed by atoms with van der Waals surface area (Å²) in [5, 5.41) is 26.7. The van der Waals surface area contributed by atoms with E-state index in [9.17, 15) is 29.4 Å². The van der Waals surface area contributed by atoms with Crippen molar-refractivity contribution in [2.45, 2.75) is 37.4 Å². The third-order valence-electron chi connectivity index (χ3n) is 5.81. The van der Waals surface area contributed by atoms with E-state index in [1.54, 1.807) is 28.7 Å². The Kier molecular flexibility index (Phi) is 7.02. The summed E-state index contributed by atoms with van der Waals surface area (Å²) >= 11 is 2.02. The molecule has 202 valence electrons. The number of fused-ring (bicyclic) bond motifs is 1. The summed E-state index contributed by atoms with van der Waals surface area (Å²) in [6.07, 6.45) is 1.68. The number of amides is 2. The fourth-order valence-electron chi connectivity index (χ4n) is 3.59. The van der Waals surface area contributed by atoms with Crippen molar-refractivity contribution in [3.05, 3.63) is 29.4 Å². The molecule has 4 rings (SSSR count). The largest absolute Gasteiger partial charge is 0.543 e. The lowest BCUT2D eigenvalue weighted by atomic mass is 10.0. The zero-order valence-corrected chi connectivity index (χ0v) is 21.9. The van der Waals surface area contributed by atoms with Gasteiger partial charge >= 0.3 is 5.97 Å². The van der Waals surface area contributed by atoms with Gasteiger partial charge in [-0.25, -0.2) is 4.79 Å². The van der Waals surface area contributed by atoms with E-state index in [1.807, 2.05) is 0 Å². The Morgan fingerprint density at radius 3 is 2.66 bits per heavy atom. The molecule has 2 aromatic heterocycles. The van der Waals surface area contributed by atoms with Crippen LogP contribution in [0.5, 0.6) is 0 Å². The Balaban J connectivity index is 1.56. The number of rotatable bonds is 9. The molecule has 2 aliphatic heterocycles. The molecule has 2 amide bonds. The van der Waals surface area contributed by atoms with Crippen LogP contribution in [0, 0.1) is 0 Å². The van der Waals surface area contributed by atoms with E-state index >= 15 is 0 Å². The van der Waals surface area contributed by atoms with Crippen LogP contribution in [0.4, 0.5) is 10.9 Å². The van der Waals surface area contributed by atoms with Crippen LogP contribution in [0.25, 0.3) is 0 Å². The minimum absolute atomic E-state index is 0.0147. The monoisotopic (exact) mass is 565 g/mol. The van der Waals surface area contributed by atoms with Gasteiger partial charge in [-0.05, 0) is 13.8 Å².